The van der Waals surface area contributed by atoms with Crippen LogP contribution in [0.4, 0.5) is 4.39 Å². The summed E-state index contributed by atoms with van der Waals surface area (Å²) in [7, 11) is 0. The van der Waals surface area contributed by atoms with Crippen molar-refractivity contribution >= 4 is 11.6 Å². The van der Waals surface area contributed by atoms with E-state index in [0.717, 1.165) is 5.56 Å². The second-order valence-corrected chi connectivity index (χ2v) is 4.99. The smallest absolute Gasteiger partial charge is 0.163 e. The van der Waals surface area contributed by atoms with Gasteiger partial charge in [-0.05, 0) is 25.1 Å². The Morgan fingerprint density at radius 1 is 0.857 bits per heavy atom. The van der Waals surface area contributed by atoms with E-state index in [-0.39, 0.29) is 0 Å². The van der Waals surface area contributed by atoms with Crippen molar-refractivity contribution in [3.63, 3.8) is 0 Å². The third-order valence-corrected chi connectivity index (χ3v) is 3.12. The number of halogens is 2. The van der Waals surface area contributed by atoms with Crippen LogP contribution >= 0.6 is 11.6 Å². The van der Waals surface area contributed by atoms with E-state index in [0.29, 0.717) is 28.1 Å². The molecule has 3 aromatic rings. The number of aromatic nitrogens is 3. The third kappa shape index (κ3) is 3.06. The number of benzene rings is 2. The summed E-state index contributed by atoms with van der Waals surface area (Å²) in [6, 6.07) is 13.8. The summed E-state index contributed by atoms with van der Waals surface area (Å²) in [5.74, 6) is 1.11. The fraction of sp³-hybridized carbons (Fsp3) is 0.0625. The van der Waals surface area contributed by atoms with Crippen LogP contribution in [0.5, 0.6) is 0 Å². The molecule has 0 saturated carbocycles. The lowest BCUT2D eigenvalue weighted by molar-refractivity contribution is 0.628. The van der Waals surface area contributed by atoms with Gasteiger partial charge in [0.1, 0.15) is 11.6 Å². The molecule has 104 valence electrons. The van der Waals surface area contributed by atoms with Crippen LogP contribution in [0.3, 0.4) is 0 Å². The van der Waals surface area contributed by atoms with Crippen LogP contribution in [0.2, 0.25) is 5.02 Å². The van der Waals surface area contributed by atoms with Gasteiger partial charge < -0.3 is 0 Å². The van der Waals surface area contributed by atoms with Gasteiger partial charge in [-0.15, -0.1) is 0 Å². The van der Waals surface area contributed by atoms with Crippen molar-refractivity contribution in [3.05, 3.63) is 65.2 Å². The second-order valence-electron chi connectivity index (χ2n) is 4.55. The predicted molar refractivity (Wildman–Crippen MR) is 80.4 cm³/mol. The zero-order valence-electron chi connectivity index (χ0n) is 11.2. The van der Waals surface area contributed by atoms with Crippen LogP contribution in [0.15, 0.2) is 48.5 Å². The zero-order chi connectivity index (χ0) is 14.8. The lowest BCUT2D eigenvalue weighted by Gasteiger charge is -2.06. The third-order valence-electron chi connectivity index (χ3n) is 2.90. The highest BCUT2D eigenvalue weighted by Gasteiger charge is 2.10. The molecule has 0 fully saturated rings. The van der Waals surface area contributed by atoms with E-state index >= 15 is 0 Å². The summed E-state index contributed by atoms with van der Waals surface area (Å²) in [4.78, 5) is 13.0. The van der Waals surface area contributed by atoms with Gasteiger partial charge in [0, 0.05) is 16.1 Å². The molecular formula is C16H11ClFN3. The molecular weight excluding hydrogens is 289 g/mol. The molecule has 2 aromatic carbocycles. The van der Waals surface area contributed by atoms with Crippen LogP contribution in [-0.4, -0.2) is 15.0 Å². The van der Waals surface area contributed by atoms with Gasteiger partial charge in [0.05, 0.1) is 0 Å². The summed E-state index contributed by atoms with van der Waals surface area (Å²) in [6.07, 6.45) is 0. The number of aryl methyl sites for hydroxylation is 1. The summed E-state index contributed by atoms with van der Waals surface area (Å²) >= 11 is 5.89. The molecule has 0 N–H and O–H groups in total. The Morgan fingerprint density at radius 3 is 2.19 bits per heavy atom. The van der Waals surface area contributed by atoms with Crippen LogP contribution < -0.4 is 0 Å². The molecule has 0 radical (unpaired) electrons. The molecule has 0 aliphatic rings. The van der Waals surface area contributed by atoms with Crippen LogP contribution in [0, 0.1) is 12.7 Å². The van der Waals surface area contributed by atoms with Gasteiger partial charge in [-0.25, -0.2) is 19.3 Å². The van der Waals surface area contributed by atoms with E-state index in [2.05, 4.69) is 15.0 Å². The molecule has 0 aliphatic heterocycles. The maximum Gasteiger partial charge on any atom is 0.163 e. The number of hydrogen-bond donors (Lipinski definition) is 0. The topological polar surface area (TPSA) is 38.7 Å². The molecule has 3 rings (SSSR count). The van der Waals surface area contributed by atoms with Gasteiger partial charge in [-0.1, -0.05) is 41.9 Å². The largest absolute Gasteiger partial charge is 0.213 e. The lowest BCUT2D eigenvalue weighted by atomic mass is 10.2. The SMILES string of the molecule is Cc1nc(-c2ccccc2)nc(-c2cc(F)cc(Cl)c2)n1. The number of rotatable bonds is 2. The molecule has 0 amide bonds. The molecule has 21 heavy (non-hydrogen) atoms. The fourth-order valence-corrected chi connectivity index (χ4v) is 2.23. The van der Waals surface area contributed by atoms with Crippen molar-refractivity contribution in [1.29, 1.82) is 0 Å². The highest BCUT2D eigenvalue weighted by atomic mass is 35.5. The van der Waals surface area contributed by atoms with Gasteiger partial charge in [0.2, 0.25) is 0 Å². The first-order valence-corrected chi connectivity index (χ1v) is 6.74. The summed E-state index contributed by atoms with van der Waals surface area (Å²) in [6.45, 7) is 1.78. The predicted octanol–water partition coefficient (Wildman–Crippen LogP) is 4.31. The average molecular weight is 300 g/mol. The minimum atomic E-state index is -0.420. The maximum absolute atomic E-state index is 13.5. The molecule has 0 unspecified atom stereocenters. The maximum atomic E-state index is 13.5. The standard InChI is InChI=1S/C16H11ClFN3/c1-10-19-15(11-5-3-2-4-6-11)21-16(20-10)12-7-13(17)9-14(18)8-12/h2-9H,1H3. The highest BCUT2D eigenvalue weighted by Crippen LogP contribution is 2.23. The molecule has 1 heterocycles. The first-order valence-electron chi connectivity index (χ1n) is 6.36. The first kappa shape index (κ1) is 13.6. The Bertz CT molecular complexity index is 771. The summed E-state index contributed by atoms with van der Waals surface area (Å²) < 4.78 is 13.5. The van der Waals surface area contributed by atoms with Crippen molar-refractivity contribution in [1.82, 2.24) is 15.0 Å². The fourth-order valence-electron chi connectivity index (χ4n) is 2.01. The van der Waals surface area contributed by atoms with Crippen LogP contribution in [0.25, 0.3) is 22.8 Å². The van der Waals surface area contributed by atoms with E-state index in [1.54, 1.807) is 13.0 Å². The van der Waals surface area contributed by atoms with Crippen LogP contribution in [-0.2, 0) is 0 Å². The van der Waals surface area contributed by atoms with E-state index in [9.17, 15) is 4.39 Å². The molecule has 0 aliphatic carbocycles. The van der Waals surface area contributed by atoms with E-state index in [1.807, 2.05) is 30.3 Å². The Kier molecular flexibility index (Phi) is 3.62. The van der Waals surface area contributed by atoms with Gasteiger partial charge in [0.25, 0.3) is 0 Å². The molecule has 0 saturated heterocycles. The monoisotopic (exact) mass is 299 g/mol. The average Bonchev–Trinajstić information content (AvgIpc) is 2.46. The number of nitrogens with zero attached hydrogens (tertiary/aromatic N) is 3. The van der Waals surface area contributed by atoms with E-state index in [4.69, 9.17) is 11.6 Å². The van der Waals surface area contributed by atoms with Gasteiger partial charge >= 0.3 is 0 Å². The first-order chi connectivity index (χ1) is 10.1. The molecule has 0 bridgehead atoms. The minimum Gasteiger partial charge on any atom is -0.213 e. The second kappa shape index (κ2) is 5.58. The summed E-state index contributed by atoms with van der Waals surface area (Å²) in [5.41, 5.74) is 1.41. The van der Waals surface area contributed by atoms with Gasteiger partial charge in [-0.2, -0.15) is 0 Å². The molecule has 3 nitrogen and oxygen atoms in total. The Balaban J connectivity index is 2.14. The zero-order valence-corrected chi connectivity index (χ0v) is 12.0. The Morgan fingerprint density at radius 2 is 1.52 bits per heavy atom. The molecule has 5 heteroatoms. The Hall–Kier alpha value is -2.33. The molecule has 0 atom stereocenters. The lowest BCUT2D eigenvalue weighted by Crippen LogP contribution is -1.99. The van der Waals surface area contributed by atoms with E-state index < -0.39 is 5.82 Å². The van der Waals surface area contributed by atoms with Crippen molar-refractivity contribution in [3.8, 4) is 22.8 Å². The molecule has 1 aromatic heterocycles. The number of hydrogen-bond acceptors (Lipinski definition) is 3. The van der Waals surface area contributed by atoms with Crippen molar-refractivity contribution in [2.24, 2.45) is 0 Å². The van der Waals surface area contributed by atoms with Gasteiger partial charge in [-0.3, -0.25) is 0 Å². The van der Waals surface area contributed by atoms with Crippen molar-refractivity contribution < 1.29 is 4.39 Å². The molecule has 0 spiro atoms. The van der Waals surface area contributed by atoms with Gasteiger partial charge in [0.15, 0.2) is 11.6 Å². The highest BCUT2D eigenvalue weighted by molar-refractivity contribution is 6.30. The quantitative estimate of drug-likeness (QED) is 0.708. The van der Waals surface area contributed by atoms with Crippen LogP contribution in [0.1, 0.15) is 5.82 Å². The van der Waals surface area contributed by atoms with E-state index in [1.165, 1.54) is 12.1 Å². The minimum absolute atomic E-state index is 0.310. The summed E-state index contributed by atoms with van der Waals surface area (Å²) in [5, 5.41) is 0.310. The normalized spacial score (nSPS) is 10.6. The van der Waals surface area contributed by atoms with Crippen molar-refractivity contribution in [2.45, 2.75) is 6.92 Å². The van der Waals surface area contributed by atoms with Crippen molar-refractivity contribution in [2.75, 3.05) is 0 Å². The Labute approximate surface area is 126 Å².